The molecule has 3 rings (SSSR count). The SMILES string of the molecule is Cc1nnc(CN=C(NCC2CCCO2)NC2CCC(OC(C)C)CC2)n1C.I. The highest BCUT2D eigenvalue weighted by Gasteiger charge is 2.23. The minimum Gasteiger partial charge on any atom is -0.376 e. The number of aryl methyl sites for hydroxylation is 1. The average Bonchev–Trinajstić information content (AvgIpc) is 3.30. The van der Waals surface area contributed by atoms with Gasteiger partial charge in [-0.05, 0) is 59.3 Å². The van der Waals surface area contributed by atoms with Crippen LogP contribution in [-0.2, 0) is 23.1 Å². The fourth-order valence-corrected chi connectivity index (χ4v) is 3.83. The van der Waals surface area contributed by atoms with Gasteiger partial charge in [-0.25, -0.2) is 4.99 Å². The Kier molecular flexibility index (Phi) is 10.1. The van der Waals surface area contributed by atoms with Crippen LogP contribution in [0.25, 0.3) is 0 Å². The zero-order valence-corrected chi connectivity index (χ0v) is 20.5. The molecule has 0 radical (unpaired) electrons. The highest BCUT2D eigenvalue weighted by molar-refractivity contribution is 14.0. The van der Waals surface area contributed by atoms with Crippen LogP contribution in [0.3, 0.4) is 0 Å². The van der Waals surface area contributed by atoms with E-state index in [1.807, 2.05) is 18.5 Å². The van der Waals surface area contributed by atoms with Crippen molar-refractivity contribution in [1.29, 1.82) is 0 Å². The van der Waals surface area contributed by atoms with E-state index in [1.165, 1.54) is 0 Å². The maximum atomic E-state index is 5.97. The third-order valence-electron chi connectivity index (χ3n) is 5.56. The summed E-state index contributed by atoms with van der Waals surface area (Å²) in [4.78, 5) is 4.77. The molecule has 1 aromatic heterocycles. The molecule has 1 saturated carbocycles. The van der Waals surface area contributed by atoms with Crippen molar-refractivity contribution in [2.75, 3.05) is 13.2 Å². The molecule has 29 heavy (non-hydrogen) atoms. The number of rotatable bonds is 7. The number of guanidine groups is 1. The number of halogens is 1. The zero-order valence-electron chi connectivity index (χ0n) is 18.2. The van der Waals surface area contributed by atoms with Crippen LogP contribution in [0, 0.1) is 6.92 Å². The van der Waals surface area contributed by atoms with Gasteiger partial charge in [-0.3, -0.25) is 0 Å². The summed E-state index contributed by atoms with van der Waals surface area (Å²) in [5.41, 5.74) is 0. The van der Waals surface area contributed by atoms with E-state index in [0.717, 1.165) is 69.3 Å². The van der Waals surface area contributed by atoms with Crippen LogP contribution in [0.1, 0.15) is 64.0 Å². The Morgan fingerprint density at radius 3 is 2.59 bits per heavy atom. The third-order valence-corrected chi connectivity index (χ3v) is 5.56. The van der Waals surface area contributed by atoms with E-state index in [0.29, 0.717) is 24.8 Å². The predicted molar refractivity (Wildman–Crippen MR) is 125 cm³/mol. The van der Waals surface area contributed by atoms with Gasteiger partial charge in [0.25, 0.3) is 0 Å². The second kappa shape index (κ2) is 12.0. The van der Waals surface area contributed by atoms with Crippen LogP contribution in [0.4, 0.5) is 0 Å². The van der Waals surface area contributed by atoms with Crippen molar-refractivity contribution >= 4 is 29.9 Å². The zero-order chi connectivity index (χ0) is 19.9. The Morgan fingerprint density at radius 2 is 2.00 bits per heavy atom. The highest BCUT2D eigenvalue weighted by Crippen LogP contribution is 2.22. The van der Waals surface area contributed by atoms with Crippen molar-refractivity contribution in [3.05, 3.63) is 11.6 Å². The van der Waals surface area contributed by atoms with Crippen LogP contribution >= 0.6 is 24.0 Å². The summed E-state index contributed by atoms with van der Waals surface area (Å²) in [6, 6.07) is 0.420. The lowest BCUT2D eigenvalue weighted by molar-refractivity contribution is -0.0152. The van der Waals surface area contributed by atoms with Gasteiger partial charge in [0.15, 0.2) is 11.8 Å². The van der Waals surface area contributed by atoms with Crippen molar-refractivity contribution in [3.63, 3.8) is 0 Å². The maximum absolute atomic E-state index is 5.97. The number of aliphatic imine (C=N–C) groups is 1. The second-order valence-electron chi connectivity index (χ2n) is 8.21. The summed E-state index contributed by atoms with van der Waals surface area (Å²) in [6.07, 6.45) is 7.61. The topological polar surface area (TPSA) is 85.6 Å². The molecule has 1 atom stereocenters. The van der Waals surface area contributed by atoms with Gasteiger partial charge in [-0.15, -0.1) is 34.2 Å². The quantitative estimate of drug-likeness (QED) is 0.327. The molecule has 1 aliphatic heterocycles. The Morgan fingerprint density at radius 1 is 1.24 bits per heavy atom. The highest BCUT2D eigenvalue weighted by atomic mass is 127. The first-order valence-corrected chi connectivity index (χ1v) is 10.7. The van der Waals surface area contributed by atoms with Crippen LogP contribution < -0.4 is 10.6 Å². The van der Waals surface area contributed by atoms with Crippen molar-refractivity contribution in [2.24, 2.45) is 12.0 Å². The fraction of sp³-hybridized carbons (Fsp3) is 0.850. The molecule has 0 aromatic carbocycles. The molecule has 2 N–H and O–H groups in total. The van der Waals surface area contributed by atoms with E-state index in [4.69, 9.17) is 14.5 Å². The van der Waals surface area contributed by atoms with E-state index in [1.54, 1.807) is 0 Å². The van der Waals surface area contributed by atoms with E-state index in [2.05, 4.69) is 34.7 Å². The normalized spacial score (nSPS) is 25.1. The fourth-order valence-electron chi connectivity index (χ4n) is 3.83. The third kappa shape index (κ3) is 7.67. The molecular weight excluding hydrogens is 483 g/mol. The molecule has 8 nitrogen and oxygen atoms in total. The minimum atomic E-state index is 0. The molecule has 0 amide bonds. The molecule has 1 unspecified atom stereocenters. The van der Waals surface area contributed by atoms with E-state index >= 15 is 0 Å². The first-order valence-electron chi connectivity index (χ1n) is 10.7. The number of ether oxygens (including phenoxy) is 2. The molecule has 0 bridgehead atoms. The number of aromatic nitrogens is 3. The smallest absolute Gasteiger partial charge is 0.192 e. The Hall–Kier alpha value is -0.940. The molecule has 2 aliphatic rings. The molecular formula is C20H37IN6O2. The van der Waals surface area contributed by atoms with Crippen molar-refractivity contribution < 1.29 is 9.47 Å². The number of hydrogen-bond acceptors (Lipinski definition) is 5. The lowest BCUT2D eigenvalue weighted by Gasteiger charge is -2.31. The van der Waals surface area contributed by atoms with Crippen LogP contribution in [-0.4, -0.2) is 58.2 Å². The van der Waals surface area contributed by atoms with Gasteiger partial charge in [0.05, 0.1) is 18.3 Å². The van der Waals surface area contributed by atoms with Crippen LogP contribution in [0.15, 0.2) is 4.99 Å². The standard InChI is InChI=1S/C20H36N6O2.HI/c1-14(2)28-17-9-7-16(8-10-17)23-20(21-12-18-6-5-11-27-18)22-13-19-25-24-15(3)26(19)4;/h14,16-18H,5-13H2,1-4H3,(H2,21,22,23);1H. The summed E-state index contributed by atoms with van der Waals surface area (Å²) in [5.74, 6) is 2.60. The van der Waals surface area contributed by atoms with E-state index < -0.39 is 0 Å². The number of hydrogen-bond donors (Lipinski definition) is 2. The van der Waals surface area contributed by atoms with Gasteiger partial charge in [0.2, 0.25) is 0 Å². The van der Waals surface area contributed by atoms with Gasteiger partial charge in [-0.2, -0.15) is 0 Å². The Balaban J connectivity index is 0.00000300. The van der Waals surface area contributed by atoms with Gasteiger partial charge in [-0.1, -0.05) is 0 Å². The average molecular weight is 520 g/mol. The minimum absolute atomic E-state index is 0. The molecule has 2 fully saturated rings. The first-order chi connectivity index (χ1) is 13.5. The van der Waals surface area contributed by atoms with Gasteiger partial charge in [0.1, 0.15) is 12.4 Å². The van der Waals surface area contributed by atoms with Crippen LogP contribution in [0.2, 0.25) is 0 Å². The molecule has 166 valence electrons. The Bertz CT molecular complexity index is 637. The van der Waals surface area contributed by atoms with Gasteiger partial charge < -0.3 is 24.7 Å². The van der Waals surface area contributed by atoms with Crippen molar-refractivity contribution in [1.82, 2.24) is 25.4 Å². The molecule has 2 heterocycles. The first kappa shape index (κ1) is 24.3. The molecule has 9 heteroatoms. The van der Waals surface area contributed by atoms with Crippen molar-refractivity contribution in [3.8, 4) is 0 Å². The summed E-state index contributed by atoms with van der Waals surface area (Å²) < 4.78 is 13.7. The summed E-state index contributed by atoms with van der Waals surface area (Å²) in [7, 11) is 1.98. The summed E-state index contributed by atoms with van der Waals surface area (Å²) >= 11 is 0. The molecule has 1 saturated heterocycles. The second-order valence-corrected chi connectivity index (χ2v) is 8.21. The summed E-state index contributed by atoms with van der Waals surface area (Å²) in [6.45, 7) is 8.33. The maximum Gasteiger partial charge on any atom is 0.192 e. The summed E-state index contributed by atoms with van der Waals surface area (Å²) in [5, 5.41) is 15.4. The Labute approximate surface area is 191 Å². The largest absolute Gasteiger partial charge is 0.376 e. The van der Waals surface area contributed by atoms with Gasteiger partial charge >= 0.3 is 0 Å². The molecule has 1 aliphatic carbocycles. The van der Waals surface area contributed by atoms with Crippen molar-refractivity contribution in [2.45, 2.75) is 90.2 Å². The van der Waals surface area contributed by atoms with Crippen LogP contribution in [0.5, 0.6) is 0 Å². The van der Waals surface area contributed by atoms with E-state index in [9.17, 15) is 0 Å². The lowest BCUT2D eigenvalue weighted by Crippen LogP contribution is -2.47. The molecule has 1 aromatic rings. The van der Waals surface area contributed by atoms with E-state index in [-0.39, 0.29) is 30.1 Å². The predicted octanol–water partition coefficient (Wildman–Crippen LogP) is 2.69. The lowest BCUT2D eigenvalue weighted by atomic mass is 9.93. The van der Waals surface area contributed by atoms with Gasteiger partial charge in [0, 0.05) is 26.2 Å². The number of nitrogens with zero attached hydrogens (tertiary/aromatic N) is 4. The monoisotopic (exact) mass is 520 g/mol. The molecule has 0 spiro atoms. The number of nitrogens with one attached hydrogen (secondary N) is 2.